The minimum absolute atomic E-state index is 0.0769. The maximum atomic E-state index is 13.6. The van der Waals surface area contributed by atoms with Crippen LogP contribution in [0, 0.1) is 6.92 Å². The second kappa shape index (κ2) is 6.66. The van der Waals surface area contributed by atoms with E-state index in [9.17, 15) is 18.0 Å². The minimum atomic E-state index is -4.51. The van der Waals surface area contributed by atoms with Crippen molar-refractivity contribution in [2.24, 2.45) is 0 Å². The molecule has 2 aromatic carbocycles. The first-order valence-corrected chi connectivity index (χ1v) is 10.1. The summed E-state index contributed by atoms with van der Waals surface area (Å²) in [5, 5.41) is 7.87. The fourth-order valence-electron chi connectivity index (χ4n) is 3.96. The number of halogens is 3. The third-order valence-corrected chi connectivity index (χ3v) is 6.22. The van der Waals surface area contributed by atoms with E-state index in [4.69, 9.17) is 0 Å². The molecule has 9 heteroatoms. The van der Waals surface area contributed by atoms with Gasteiger partial charge >= 0.3 is 6.18 Å². The number of aryl methyl sites for hydroxylation is 1. The van der Waals surface area contributed by atoms with Crippen LogP contribution in [0.5, 0.6) is 0 Å². The van der Waals surface area contributed by atoms with Crippen LogP contribution < -0.4 is 5.32 Å². The summed E-state index contributed by atoms with van der Waals surface area (Å²) < 4.78 is 43.4. The van der Waals surface area contributed by atoms with E-state index in [0.29, 0.717) is 22.2 Å². The highest BCUT2D eigenvalue weighted by molar-refractivity contribution is 7.20. The van der Waals surface area contributed by atoms with Gasteiger partial charge in [-0.05, 0) is 30.7 Å². The number of nitrogens with one attached hydrogen (secondary N) is 1. The van der Waals surface area contributed by atoms with E-state index in [-0.39, 0.29) is 17.9 Å². The molecule has 0 bridgehead atoms. The first kappa shape index (κ1) is 18.8. The van der Waals surface area contributed by atoms with Crippen LogP contribution in [-0.4, -0.2) is 20.7 Å². The lowest BCUT2D eigenvalue weighted by Crippen LogP contribution is -2.26. The summed E-state index contributed by atoms with van der Waals surface area (Å²) in [6.07, 6.45) is -4.59. The highest BCUT2D eigenvalue weighted by Gasteiger charge is 2.39. The normalized spacial score (nSPS) is 16.5. The molecule has 1 aliphatic rings. The second-order valence-corrected chi connectivity index (χ2v) is 8.12. The first-order chi connectivity index (χ1) is 14.3. The Labute approximate surface area is 173 Å². The van der Waals surface area contributed by atoms with Crippen LogP contribution in [-0.2, 0) is 11.0 Å². The fraction of sp³-hybridized carbons (Fsp3) is 0.190. The molecule has 0 saturated carbocycles. The summed E-state index contributed by atoms with van der Waals surface area (Å²) in [7, 11) is 0. The molecular weight excluding hydrogens is 413 g/mol. The molecule has 30 heavy (non-hydrogen) atoms. The fourth-order valence-corrected chi connectivity index (χ4v) is 4.89. The highest BCUT2D eigenvalue weighted by atomic mass is 32.1. The van der Waals surface area contributed by atoms with Gasteiger partial charge in [0.25, 0.3) is 0 Å². The van der Waals surface area contributed by atoms with Crippen LogP contribution in [0.1, 0.15) is 34.7 Å². The number of fused-ring (bicyclic) bond motifs is 2. The number of para-hydroxylation sites is 1. The number of carbonyl (C=O) groups excluding carboxylic acids is 1. The largest absolute Gasteiger partial charge is 0.416 e. The van der Waals surface area contributed by atoms with Crippen molar-refractivity contribution < 1.29 is 18.0 Å². The number of thiazole rings is 1. The molecule has 0 spiro atoms. The van der Waals surface area contributed by atoms with E-state index in [1.54, 1.807) is 13.0 Å². The summed E-state index contributed by atoms with van der Waals surface area (Å²) in [6.45, 7) is 1.74. The van der Waals surface area contributed by atoms with Gasteiger partial charge in [-0.25, -0.2) is 4.98 Å². The van der Waals surface area contributed by atoms with Crippen molar-refractivity contribution in [1.29, 1.82) is 0 Å². The molecule has 0 fully saturated rings. The number of anilines is 1. The van der Waals surface area contributed by atoms with Crippen molar-refractivity contribution in [2.75, 3.05) is 5.32 Å². The lowest BCUT2D eigenvalue weighted by Gasteiger charge is -2.26. The number of benzene rings is 2. The summed E-state index contributed by atoms with van der Waals surface area (Å²) in [5.74, 6) is -0.716. The SMILES string of the molecule is Cc1nn(-c2nc3ccccc3s2)c2c1[C@H](c1ccccc1C(F)(F)F)CC(=O)N2. The Morgan fingerprint density at radius 3 is 2.63 bits per heavy atom. The Bertz CT molecular complexity index is 1260. The number of alkyl halides is 3. The Hall–Kier alpha value is -3.20. The zero-order valence-corrected chi connectivity index (χ0v) is 16.5. The quantitative estimate of drug-likeness (QED) is 0.472. The molecular formula is C21H15F3N4OS. The van der Waals surface area contributed by atoms with Gasteiger partial charge in [-0.1, -0.05) is 41.7 Å². The van der Waals surface area contributed by atoms with E-state index in [1.807, 2.05) is 24.3 Å². The molecule has 0 aliphatic carbocycles. The van der Waals surface area contributed by atoms with Gasteiger partial charge in [0.05, 0.1) is 21.5 Å². The summed E-state index contributed by atoms with van der Waals surface area (Å²) in [6, 6.07) is 13.0. The Balaban J connectivity index is 1.70. The molecule has 5 nitrogen and oxygen atoms in total. The summed E-state index contributed by atoms with van der Waals surface area (Å²) in [5.41, 5.74) is 1.29. The van der Waals surface area contributed by atoms with Gasteiger partial charge in [0.1, 0.15) is 5.82 Å². The van der Waals surface area contributed by atoms with Gasteiger partial charge in [-0.15, -0.1) is 0 Å². The number of hydrogen-bond acceptors (Lipinski definition) is 4. The van der Waals surface area contributed by atoms with Crippen LogP contribution >= 0.6 is 11.3 Å². The van der Waals surface area contributed by atoms with E-state index >= 15 is 0 Å². The Kier molecular flexibility index (Phi) is 4.18. The van der Waals surface area contributed by atoms with E-state index < -0.39 is 17.7 Å². The van der Waals surface area contributed by atoms with Gasteiger partial charge in [-0.2, -0.15) is 23.0 Å². The number of aromatic nitrogens is 3. The lowest BCUT2D eigenvalue weighted by atomic mass is 9.83. The maximum Gasteiger partial charge on any atom is 0.416 e. The van der Waals surface area contributed by atoms with E-state index in [1.165, 1.54) is 28.2 Å². The van der Waals surface area contributed by atoms with Crippen molar-refractivity contribution in [1.82, 2.24) is 14.8 Å². The maximum absolute atomic E-state index is 13.6. The van der Waals surface area contributed by atoms with Crippen molar-refractivity contribution in [3.05, 3.63) is 70.9 Å². The third kappa shape index (κ3) is 2.97. The minimum Gasteiger partial charge on any atom is -0.310 e. The average molecular weight is 428 g/mol. The smallest absolute Gasteiger partial charge is 0.310 e. The van der Waals surface area contributed by atoms with Crippen LogP contribution in [0.2, 0.25) is 0 Å². The second-order valence-electron chi connectivity index (χ2n) is 7.11. The van der Waals surface area contributed by atoms with Crippen molar-refractivity contribution >= 4 is 33.3 Å². The van der Waals surface area contributed by atoms with Gasteiger partial charge in [-0.3, -0.25) is 4.79 Å². The number of hydrogen-bond donors (Lipinski definition) is 1. The summed E-state index contributed by atoms with van der Waals surface area (Å²) >= 11 is 1.40. The predicted octanol–water partition coefficient (Wildman–Crippen LogP) is 5.28. The number of carbonyl (C=O) groups is 1. The molecule has 4 aromatic rings. The van der Waals surface area contributed by atoms with Gasteiger partial charge in [0, 0.05) is 17.9 Å². The van der Waals surface area contributed by atoms with E-state index in [2.05, 4.69) is 15.4 Å². The first-order valence-electron chi connectivity index (χ1n) is 9.24. The molecule has 1 N–H and O–H groups in total. The van der Waals surface area contributed by atoms with Crippen molar-refractivity contribution in [2.45, 2.75) is 25.4 Å². The van der Waals surface area contributed by atoms with Crippen LogP contribution in [0.4, 0.5) is 19.0 Å². The van der Waals surface area contributed by atoms with Gasteiger partial charge < -0.3 is 5.32 Å². The van der Waals surface area contributed by atoms with Crippen molar-refractivity contribution in [3.8, 4) is 5.13 Å². The van der Waals surface area contributed by atoms with Gasteiger partial charge in [0.15, 0.2) is 0 Å². The molecule has 0 radical (unpaired) electrons. The molecule has 1 aliphatic heterocycles. The monoisotopic (exact) mass is 428 g/mol. The molecule has 0 saturated heterocycles. The zero-order chi connectivity index (χ0) is 21.0. The van der Waals surface area contributed by atoms with Crippen LogP contribution in [0.3, 0.4) is 0 Å². The average Bonchev–Trinajstić information content (AvgIpc) is 3.28. The number of nitrogens with zero attached hydrogens (tertiary/aromatic N) is 3. The Morgan fingerprint density at radius 2 is 1.87 bits per heavy atom. The molecule has 1 amide bonds. The number of amides is 1. The van der Waals surface area contributed by atoms with Gasteiger partial charge in [0.2, 0.25) is 11.0 Å². The molecule has 0 unspecified atom stereocenters. The summed E-state index contributed by atoms with van der Waals surface area (Å²) in [4.78, 5) is 17.1. The molecule has 3 heterocycles. The molecule has 5 rings (SSSR count). The van der Waals surface area contributed by atoms with Crippen LogP contribution in [0.15, 0.2) is 48.5 Å². The Morgan fingerprint density at radius 1 is 1.13 bits per heavy atom. The molecule has 2 aromatic heterocycles. The molecule has 152 valence electrons. The predicted molar refractivity (Wildman–Crippen MR) is 108 cm³/mol. The molecule has 1 atom stereocenters. The number of rotatable bonds is 2. The topological polar surface area (TPSA) is 59.8 Å². The zero-order valence-electron chi connectivity index (χ0n) is 15.7. The lowest BCUT2D eigenvalue weighted by molar-refractivity contribution is -0.138. The van der Waals surface area contributed by atoms with E-state index in [0.717, 1.165) is 16.3 Å². The third-order valence-electron chi connectivity index (χ3n) is 5.21. The highest BCUT2D eigenvalue weighted by Crippen LogP contribution is 2.44. The standard InChI is InChI=1S/C21H15F3N4OS/c1-11-18-13(12-6-2-3-7-14(12)21(22,23)24)10-17(29)26-19(18)28(27-11)20-25-15-8-4-5-9-16(15)30-20/h2-9,13H,10H2,1H3,(H,26,29)/t13-/m0/s1. The van der Waals surface area contributed by atoms with Crippen molar-refractivity contribution in [3.63, 3.8) is 0 Å². The van der Waals surface area contributed by atoms with Crippen LogP contribution in [0.25, 0.3) is 15.3 Å².